The predicted octanol–water partition coefficient (Wildman–Crippen LogP) is 4.45. The second kappa shape index (κ2) is 4.53. The van der Waals surface area contributed by atoms with Crippen molar-refractivity contribution in [2.45, 2.75) is 6.61 Å². The fraction of sp³-hybridized carbons (Fsp3) is 0.0526. The smallest absolute Gasteiger partial charge is 0.135 e. The van der Waals surface area contributed by atoms with Crippen LogP contribution in [0.25, 0.3) is 28.0 Å². The monoisotopic (exact) mass is 290 g/mol. The van der Waals surface area contributed by atoms with Crippen LogP contribution in [0.5, 0.6) is 17.2 Å². The molecule has 0 saturated carbocycles. The van der Waals surface area contributed by atoms with Crippen molar-refractivity contribution in [3.63, 3.8) is 0 Å². The average molecular weight is 290 g/mol. The summed E-state index contributed by atoms with van der Waals surface area (Å²) in [7, 11) is 0. The topological polar surface area (TPSA) is 49.7 Å². The summed E-state index contributed by atoms with van der Waals surface area (Å²) in [6, 6.07) is 12.6. The molecule has 3 nitrogen and oxygen atoms in total. The Morgan fingerprint density at radius 3 is 2.50 bits per heavy atom. The summed E-state index contributed by atoms with van der Waals surface area (Å²) in [5.41, 5.74) is 3.93. The molecule has 0 atom stereocenters. The molecule has 0 radical (unpaired) electrons. The van der Waals surface area contributed by atoms with Crippen molar-refractivity contribution >= 4 is 16.8 Å². The van der Waals surface area contributed by atoms with Gasteiger partial charge >= 0.3 is 0 Å². The first-order chi connectivity index (χ1) is 10.7. The zero-order valence-corrected chi connectivity index (χ0v) is 11.8. The molecule has 3 heteroatoms. The van der Waals surface area contributed by atoms with E-state index in [4.69, 9.17) is 4.74 Å². The minimum absolute atomic E-state index is 0.219. The van der Waals surface area contributed by atoms with Gasteiger partial charge in [0.1, 0.15) is 23.9 Å². The van der Waals surface area contributed by atoms with E-state index in [1.54, 1.807) is 30.3 Å². The van der Waals surface area contributed by atoms with E-state index in [0.29, 0.717) is 6.61 Å². The Kier molecular flexibility index (Phi) is 2.63. The van der Waals surface area contributed by atoms with Gasteiger partial charge < -0.3 is 14.9 Å². The van der Waals surface area contributed by atoms with Crippen molar-refractivity contribution in [2.75, 3.05) is 0 Å². The molecule has 2 N–H and O–H groups in total. The third-order valence-corrected chi connectivity index (χ3v) is 4.07. The Morgan fingerprint density at radius 2 is 1.68 bits per heavy atom. The number of aromatic hydroxyl groups is 2. The molecule has 4 rings (SSSR count). The maximum Gasteiger partial charge on any atom is 0.135 e. The zero-order chi connectivity index (χ0) is 15.3. The van der Waals surface area contributed by atoms with Crippen LogP contribution >= 0.6 is 0 Å². The summed E-state index contributed by atoms with van der Waals surface area (Å²) in [5, 5.41) is 21.2. The number of phenols is 2. The molecule has 22 heavy (non-hydrogen) atoms. The minimum atomic E-state index is 0.219. The maximum atomic E-state index is 9.74. The van der Waals surface area contributed by atoms with Crippen molar-refractivity contribution in [1.82, 2.24) is 0 Å². The molecule has 1 aliphatic heterocycles. The first-order valence-corrected chi connectivity index (χ1v) is 7.04. The summed E-state index contributed by atoms with van der Waals surface area (Å²) >= 11 is 0. The van der Waals surface area contributed by atoms with E-state index in [2.05, 4.69) is 6.58 Å². The molecule has 1 heterocycles. The molecule has 0 saturated heterocycles. The van der Waals surface area contributed by atoms with E-state index in [1.165, 1.54) is 0 Å². The second-order valence-electron chi connectivity index (χ2n) is 5.41. The first kappa shape index (κ1) is 12.8. The van der Waals surface area contributed by atoms with Crippen molar-refractivity contribution in [3.8, 4) is 28.4 Å². The second-order valence-corrected chi connectivity index (χ2v) is 5.41. The number of phenolic OH excluding ortho intramolecular Hbond substituents is 2. The number of rotatable bonds is 1. The number of ether oxygens (including phenoxy) is 1. The molecule has 3 aromatic carbocycles. The molecular weight excluding hydrogens is 276 g/mol. The molecule has 108 valence electrons. The third kappa shape index (κ3) is 1.76. The highest BCUT2D eigenvalue weighted by atomic mass is 16.5. The Morgan fingerprint density at radius 1 is 0.909 bits per heavy atom. The van der Waals surface area contributed by atoms with Crippen molar-refractivity contribution in [3.05, 3.63) is 60.2 Å². The largest absolute Gasteiger partial charge is 0.508 e. The minimum Gasteiger partial charge on any atom is -0.508 e. The van der Waals surface area contributed by atoms with Crippen LogP contribution in [-0.4, -0.2) is 10.2 Å². The van der Waals surface area contributed by atoms with Gasteiger partial charge in [0.25, 0.3) is 0 Å². The molecule has 0 bridgehead atoms. The normalized spacial score (nSPS) is 12.4. The predicted molar refractivity (Wildman–Crippen MR) is 87.1 cm³/mol. The van der Waals surface area contributed by atoms with Crippen LogP contribution in [0.3, 0.4) is 0 Å². The fourth-order valence-corrected chi connectivity index (χ4v) is 3.05. The lowest BCUT2D eigenvalue weighted by atomic mass is 9.91. The molecule has 1 aliphatic rings. The van der Waals surface area contributed by atoms with Crippen molar-refractivity contribution < 1.29 is 14.9 Å². The summed E-state index contributed by atoms with van der Waals surface area (Å²) < 4.78 is 5.93. The van der Waals surface area contributed by atoms with Gasteiger partial charge in [-0.15, -0.1) is 0 Å². The Bertz CT molecular complexity index is 926. The van der Waals surface area contributed by atoms with Gasteiger partial charge in [0, 0.05) is 16.5 Å². The lowest BCUT2D eigenvalue weighted by Crippen LogP contribution is -2.06. The lowest BCUT2D eigenvalue weighted by molar-refractivity contribution is 0.305. The van der Waals surface area contributed by atoms with Gasteiger partial charge in [0.05, 0.1) is 0 Å². The molecule has 0 amide bonds. The number of hydrogen-bond acceptors (Lipinski definition) is 3. The van der Waals surface area contributed by atoms with Gasteiger partial charge in [-0.2, -0.15) is 0 Å². The Labute approximate surface area is 127 Å². The number of fused-ring (bicyclic) bond motifs is 5. The summed E-state index contributed by atoms with van der Waals surface area (Å²) in [5.74, 6) is 1.26. The number of benzene rings is 3. The van der Waals surface area contributed by atoms with Gasteiger partial charge in [0.15, 0.2) is 0 Å². The van der Waals surface area contributed by atoms with Crippen LogP contribution in [0.4, 0.5) is 0 Å². The van der Waals surface area contributed by atoms with Crippen LogP contribution < -0.4 is 4.74 Å². The van der Waals surface area contributed by atoms with E-state index in [9.17, 15) is 10.2 Å². The average Bonchev–Trinajstić information content (AvgIpc) is 2.53. The van der Waals surface area contributed by atoms with Crippen LogP contribution in [0, 0.1) is 0 Å². The van der Waals surface area contributed by atoms with Crippen molar-refractivity contribution in [2.24, 2.45) is 0 Å². The summed E-state index contributed by atoms with van der Waals surface area (Å²) in [6.07, 6.45) is 1.77. The number of hydrogen-bond donors (Lipinski definition) is 2. The van der Waals surface area contributed by atoms with Crippen LogP contribution in [0.15, 0.2) is 49.0 Å². The lowest BCUT2D eigenvalue weighted by Gasteiger charge is -2.23. The SMILES string of the molecule is C=Cc1cc2c(c3ccc(O)cc13)OCc1cc(O)ccc1-2. The highest BCUT2D eigenvalue weighted by Crippen LogP contribution is 2.45. The molecule has 0 fully saturated rings. The fourth-order valence-electron chi connectivity index (χ4n) is 3.05. The van der Waals surface area contributed by atoms with Gasteiger partial charge in [-0.25, -0.2) is 0 Å². The van der Waals surface area contributed by atoms with Gasteiger partial charge in [-0.05, 0) is 52.9 Å². The van der Waals surface area contributed by atoms with Gasteiger partial charge in [0.2, 0.25) is 0 Å². The quantitative estimate of drug-likeness (QED) is 0.696. The van der Waals surface area contributed by atoms with E-state index in [-0.39, 0.29) is 11.5 Å². The van der Waals surface area contributed by atoms with Crippen molar-refractivity contribution in [1.29, 1.82) is 0 Å². The first-order valence-electron chi connectivity index (χ1n) is 7.04. The highest BCUT2D eigenvalue weighted by Gasteiger charge is 2.21. The molecule has 0 spiro atoms. The summed E-state index contributed by atoms with van der Waals surface area (Å²) in [4.78, 5) is 0. The highest BCUT2D eigenvalue weighted by molar-refractivity contribution is 6.01. The summed E-state index contributed by atoms with van der Waals surface area (Å²) in [6.45, 7) is 4.28. The van der Waals surface area contributed by atoms with Crippen LogP contribution in [0.2, 0.25) is 0 Å². The maximum absolute atomic E-state index is 9.74. The van der Waals surface area contributed by atoms with Crippen LogP contribution in [-0.2, 0) is 6.61 Å². The molecule has 0 aromatic heterocycles. The Balaban J connectivity index is 2.10. The van der Waals surface area contributed by atoms with Gasteiger partial charge in [-0.1, -0.05) is 18.7 Å². The molecule has 0 unspecified atom stereocenters. The molecular formula is C19H14O3. The van der Waals surface area contributed by atoms with Gasteiger partial charge in [-0.3, -0.25) is 0 Å². The third-order valence-electron chi connectivity index (χ3n) is 4.07. The standard InChI is InChI=1S/C19H14O3/c1-2-11-8-18-15-5-3-13(20)7-12(15)10-22-19(18)16-6-4-14(21)9-17(11)16/h2-9,20-21H,1,10H2. The van der Waals surface area contributed by atoms with E-state index < -0.39 is 0 Å². The Hall–Kier alpha value is -2.94. The zero-order valence-electron chi connectivity index (χ0n) is 11.8. The molecule has 3 aromatic rings. The van der Waals surface area contributed by atoms with E-state index in [0.717, 1.165) is 38.8 Å². The van der Waals surface area contributed by atoms with E-state index >= 15 is 0 Å². The molecule has 0 aliphatic carbocycles. The van der Waals surface area contributed by atoms with Crippen LogP contribution in [0.1, 0.15) is 11.1 Å². The van der Waals surface area contributed by atoms with E-state index in [1.807, 2.05) is 18.2 Å².